The smallest absolute Gasteiger partial charge is 0.407 e. The van der Waals surface area contributed by atoms with Crippen molar-refractivity contribution in [2.24, 2.45) is 0 Å². The molecule has 1 amide bonds. The molecule has 1 aliphatic rings. The van der Waals surface area contributed by atoms with Crippen molar-refractivity contribution in [2.75, 3.05) is 13.2 Å². The van der Waals surface area contributed by atoms with Crippen molar-refractivity contribution in [2.45, 2.75) is 25.2 Å². The summed E-state index contributed by atoms with van der Waals surface area (Å²) in [7, 11) is 0. The lowest BCUT2D eigenvalue weighted by Crippen LogP contribution is -2.49. The third-order valence-electron chi connectivity index (χ3n) is 2.84. The van der Waals surface area contributed by atoms with E-state index in [2.05, 4.69) is 5.32 Å². The normalized spacial score (nSPS) is 23.4. The maximum atomic E-state index is 11.5. The summed E-state index contributed by atoms with van der Waals surface area (Å²) >= 11 is 0. The Morgan fingerprint density at radius 2 is 2.22 bits per heavy atom. The fourth-order valence-electron chi connectivity index (χ4n) is 1.78. The number of benzene rings is 1. The first-order valence-electron chi connectivity index (χ1n) is 5.99. The standard InChI is InChI=1S/C13H17NO4/c15-12-6-7-17-9-11(12)14-13(16)18-8-10-4-2-1-3-5-10/h1-5,11-12,15H,6-9H2,(H,14,16)/t11-,12-/m0/s1. The molecule has 0 spiro atoms. The highest BCUT2D eigenvalue weighted by Gasteiger charge is 2.25. The number of aliphatic hydroxyl groups excluding tert-OH is 1. The average molecular weight is 251 g/mol. The molecule has 0 bridgehead atoms. The molecule has 2 N–H and O–H groups in total. The summed E-state index contributed by atoms with van der Waals surface area (Å²) in [6.07, 6.45) is -0.569. The van der Waals surface area contributed by atoms with Crippen LogP contribution in [0, 0.1) is 0 Å². The molecule has 0 aromatic heterocycles. The van der Waals surface area contributed by atoms with Crippen LogP contribution in [0.4, 0.5) is 4.79 Å². The van der Waals surface area contributed by atoms with Crippen molar-refractivity contribution >= 4 is 6.09 Å². The minimum Gasteiger partial charge on any atom is -0.445 e. The van der Waals surface area contributed by atoms with Crippen LogP contribution in [0.25, 0.3) is 0 Å². The molecule has 98 valence electrons. The van der Waals surface area contributed by atoms with Crippen molar-refractivity contribution in [1.82, 2.24) is 5.32 Å². The maximum Gasteiger partial charge on any atom is 0.407 e. The first-order chi connectivity index (χ1) is 8.75. The lowest BCUT2D eigenvalue weighted by Gasteiger charge is -2.27. The van der Waals surface area contributed by atoms with Crippen LogP contribution in [-0.4, -0.2) is 36.6 Å². The van der Waals surface area contributed by atoms with Gasteiger partial charge in [-0.15, -0.1) is 0 Å². The van der Waals surface area contributed by atoms with Crippen molar-refractivity contribution in [3.8, 4) is 0 Å². The van der Waals surface area contributed by atoms with E-state index in [1.54, 1.807) is 0 Å². The van der Waals surface area contributed by atoms with Gasteiger partial charge in [-0.3, -0.25) is 0 Å². The Bertz CT molecular complexity index is 382. The van der Waals surface area contributed by atoms with Crippen LogP contribution in [0.1, 0.15) is 12.0 Å². The number of hydrogen-bond donors (Lipinski definition) is 2. The van der Waals surface area contributed by atoms with Gasteiger partial charge in [-0.05, 0) is 12.0 Å². The molecule has 0 unspecified atom stereocenters. The fraction of sp³-hybridized carbons (Fsp3) is 0.462. The zero-order valence-corrected chi connectivity index (χ0v) is 10.0. The van der Waals surface area contributed by atoms with Crippen LogP contribution in [0.15, 0.2) is 30.3 Å². The molecule has 5 heteroatoms. The number of carbonyl (C=O) groups excluding carboxylic acids is 1. The van der Waals surface area contributed by atoms with Gasteiger partial charge in [-0.2, -0.15) is 0 Å². The maximum absolute atomic E-state index is 11.5. The summed E-state index contributed by atoms with van der Waals surface area (Å²) in [5.41, 5.74) is 0.924. The number of hydrogen-bond acceptors (Lipinski definition) is 4. The topological polar surface area (TPSA) is 67.8 Å². The summed E-state index contributed by atoms with van der Waals surface area (Å²) in [6.45, 7) is 1.07. The first kappa shape index (κ1) is 12.9. The number of amides is 1. The lowest BCUT2D eigenvalue weighted by atomic mass is 10.1. The zero-order valence-electron chi connectivity index (χ0n) is 10.0. The third-order valence-corrected chi connectivity index (χ3v) is 2.84. The molecule has 1 saturated heterocycles. The summed E-state index contributed by atoms with van der Waals surface area (Å²) in [6, 6.07) is 9.05. The Morgan fingerprint density at radius 3 is 2.94 bits per heavy atom. The van der Waals surface area contributed by atoms with Crippen LogP contribution >= 0.6 is 0 Å². The molecule has 2 rings (SSSR count). The quantitative estimate of drug-likeness (QED) is 0.843. The summed E-state index contributed by atoms with van der Waals surface area (Å²) in [5, 5.41) is 12.3. The minimum absolute atomic E-state index is 0.219. The van der Waals surface area contributed by atoms with Gasteiger partial charge in [0.25, 0.3) is 0 Å². The molecule has 1 fully saturated rings. The van der Waals surface area contributed by atoms with Gasteiger partial charge in [0.1, 0.15) is 6.61 Å². The largest absolute Gasteiger partial charge is 0.445 e. The fourth-order valence-corrected chi connectivity index (χ4v) is 1.78. The van der Waals surface area contributed by atoms with E-state index in [1.165, 1.54) is 0 Å². The predicted octanol–water partition coefficient (Wildman–Crippen LogP) is 1.06. The Hall–Kier alpha value is -1.59. The van der Waals surface area contributed by atoms with Gasteiger partial charge in [0, 0.05) is 6.61 Å². The molecular weight excluding hydrogens is 234 g/mol. The van der Waals surface area contributed by atoms with E-state index in [9.17, 15) is 9.90 Å². The molecule has 2 atom stereocenters. The third kappa shape index (κ3) is 3.72. The van der Waals surface area contributed by atoms with E-state index in [0.717, 1.165) is 5.56 Å². The van der Waals surface area contributed by atoms with E-state index in [0.29, 0.717) is 19.6 Å². The summed E-state index contributed by atoms with van der Waals surface area (Å²) in [4.78, 5) is 11.5. The van der Waals surface area contributed by atoms with E-state index >= 15 is 0 Å². The van der Waals surface area contributed by atoms with E-state index in [4.69, 9.17) is 9.47 Å². The summed E-state index contributed by atoms with van der Waals surface area (Å²) < 4.78 is 10.2. The second-order valence-electron chi connectivity index (χ2n) is 4.24. The number of carbonyl (C=O) groups is 1. The molecule has 18 heavy (non-hydrogen) atoms. The lowest BCUT2D eigenvalue weighted by molar-refractivity contribution is -0.0158. The monoisotopic (exact) mass is 251 g/mol. The first-order valence-corrected chi connectivity index (χ1v) is 5.99. The Morgan fingerprint density at radius 1 is 1.44 bits per heavy atom. The molecule has 0 radical (unpaired) electrons. The second kappa shape index (κ2) is 6.37. The van der Waals surface area contributed by atoms with Crippen LogP contribution in [-0.2, 0) is 16.1 Å². The van der Waals surface area contributed by atoms with Crippen LogP contribution in [0.3, 0.4) is 0 Å². The number of ether oxygens (including phenoxy) is 2. The highest BCUT2D eigenvalue weighted by molar-refractivity contribution is 5.67. The highest BCUT2D eigenvalue weighted by Crippen LogP contribution is 2.08. The minimum atomic E-state index is -0.567. The Kier molecular flexibility index (Phi) is 4.55. The van der Waals surface area contributed by atoms with Crippen molar-refractivity contribution < 1.29 is 19.4 Å². The van der Waals surface area contributed by atoms with Crippen molar-refractivity contribution in [1.29, 1.82) is 0 Å². The van der Waals surface area contributed by atoms with E-state index in [-0.39, 0.29) is 12.6 Å². The number of rotatable bonds is 3. The SMILES string of the molecule is O=C(N[C@H]1COCC[C@@H]1O)OCc1ccccc1. The number of nitrogens with one attached hydrogen (secondary N) is 1. The van der Waals surface area contributed by atoms with Crippen LogP contribution in [0.5, 0.6) is 0 Å². The molecule has 1 aliphatic heterocycles. The molecular formula is C13H17NO4. The van der Waals surface area contributed by atoms with Crippen molar-refractivity contribution in [3.63, 3.8) is 0 Å². The zero-order chi connectivity index (χ0) is 12.8. The highest BCUT2D eigenvalue weighted by atomic mass is 16.5. The molecule has 0 saturated carbocycles. The number of alkyl carbamates (subject to hydrolysis) is 1. The molecule has 1 heterocycles. The van der Waals surface area contributed by atoms with Gasteiger partial charge in [0.05, 0.1) is 18.8 Å². The van der Waals surface area contributed by atoms with Gasteiger partial charge < -0.3 is 19.9 Å². The molecule has 5 nitrogen and oxygen atoms in total. The van der Waals surface area contributed by atoms with Crippen LogP contribution in [0.2, 0.25) is 0 Å². The van der Waals surface area contributed by atoms with Gasteiger partial charge >= 0.3 is 6.09 Å². The van der Waals surface area contributed by atoms with Crippen molar-refractivity contribution in [3.05, 3.63) is 35.9 Å². The Labute approximate surface area is 106 Å². The number of aliphatic hydroxyl groups is 1. The Balaban J connectivity index is 1.75. The van der Waals surface area contributed by atoms with Gasteiger partial charge in [0.2, 0.25) is 0 Å². The van der Waals surface area contributed by atoms with Gasteiger partial charge in [-0.1, -0.05) is 30.3 Å². The molecule has 0 aliphatic carbocycles. The van der Waals surface area contributed by atoms with E-state index in [1.807, 2.05) is 30.3 Å². The average Bonchev–Trinajstić information content (AvgIpc) is 2.40. The predicted molar refractivity (Wildman–Crippen MR) is 65.0 cm³/mol. The van der Waals surface area contributed by atoms with Crippen LogP contribution < -0.4 is 5.32 Å². The van der Waals surface area contributed by atoms with E-state index < -0.39 is 12.2 Å². The second-order valence-corrected chi connectivity index (χ2v) is 4.24. The summed E-state index contributed by atoms with van der Waals surface area (Å²) in [5.74, 6) is 0. The van der Waals surface area contributed by atoms with Gasteiger partial charge in [-0.25, -0.2) is 4.79 Å². The molecule has 1 aromatic carbocycles. The van der Waals surface area contributed by atoms with Gasteiger partial charge in [0.15, 0.2) is 0 Å². The molecule has 1 aromatic rings.